The van der Waals surface area contributed by atoms with Gasteiger partial charge in [0.2, 0.25) is 0 Å². The quantitative estimate of drug-likeness (QED) is 0.750. The van der Waals surface area contributed by atoms with E-state index in [0.29, 0.717) is 0 Å². The highest BCUT2D eigenvalue weighted by molar-refractivity contribution is 5.96. The van der Waals surface area contributed by atoms with Crippen LogP contribution in [0.5, 0.6) is 0 Å². The van der Waals surface area contributed by atoms with Crippen molar-refractivity contribution >= 4 is 10.9 Å². The first-order chi connectivity index (χ1) is 10.9. The first kappa shape index (κ1) is 15.8. The molecule has 1 unspecified atom stereocenters. The second kappa shape index (κ2) is 5.82. The first-order valence-electron chi connectivity index (χ1n) is 8.26. The van der Waals surface area contributed by atoms with Crippen molar-refractivity contribution in [2.45, 2.75) is 45.7 Å². The topological polar surface area (TPSA) is 43.8 Å². The number of aromatic nitrogens is 2. The summed E-state index contributed by atoms with van der Waals surface area (Å²) >= 11 is 0. The van der Waals surface area contributed by atoms with Crippen molar-refractivity contribution in [1.82, 2.24) is 9.78 Å². The molecule has 3 heteroatoms. The summed E-state index contributed by atoms with van der Waals surface area (Å²) in [6.07, 6.45) is 0.911. The van der Waals surface area contributed by atoms with E-state index in [1.165, 1.54) is 10.9 Å². The third-order valence-electron chi connectivity index (χ3n) is 4.26. The number of rotatable bonds is 3. The SMILES string of the molecule is CCC(N)c1cccc2c1c(-c1ccccc1)nn2C(C)(C)C. The van der Waals surface area contributed by atoms with Crippen LogP contribution in [0.4, 0.5) is 0 Å². The second-order valence-electron chi connectivity index (χ2n) is 7.05. The summed E-state index contributed by atoms with van der Waals surface area (Å²) in [5, 5.41) is 6.15. The number of nitrogens with zero attached hydrogens (tertiary/aromatic N) is 2. The zero-order chi connectivity index (χ0) is 16.6. The van der Waals surface area contributed by atoms with E-state index in [4.69, 9.17) is 10.8 Å². The van der Waals surface area contributed by atoms with Gasteiger partial charge in [0.15, 0.2) is 0 Å². The molecule has 2 N–H and O–H groups in total. The van der Waals surface area contributed by atoms with E-state index in [1.807, 2.05) is 6.07 Å². The molecular weight excluding hydrogens is 282 g/mol. The molecule has 0 aliphatic heterocycles. The van der Waals surface area contributed by atoms with Crippen LogP contribution in [-0.4, -0.2) is 9.78 Å². The Labute approximate surface area is 138 Å². The molecule has 1 heterocycles. The lowest BCUT2D eigenvalue weighted by Crippen LogP contribution is -2.23. The number of fused-ring (bicyclic) bond motifs is 1. The molecule has 3 nitrogen and oxygen atoms in total. The lowest BCUT2D eigenvalue weighted by Gasteiger charge is -2.21. The maximum Gasteiger partial charge on any atom is 0.101 e. The normalized spacial score (nSPS) is 13.4. The highest BCUT2D eigenvalue weighted by Crippen LogP contribution is 2.35. The summed E-state index contributed by atoms with van der Waals surface area (Å²) in [6, 6.07) is 16.8. The van der Waals surface area contributed by atoms with Gasteiger partial charge in [-0.15, -0.1) is 0 Å². The van der Waals surface area contributed by atoms with E-state index in [0.717, 1.165) is 23.2 Å². The fourth-order valence-electron chi connectivity index (χ4n) is 3.03. The molecular formula is C20H25N3. The molecule has 0 radical (unpaired) electrons. The van der Waals surface area contributed by atoms with Crippen molar-refractivity contribution in [3.8, 4) is 11.3 Å². The highest BCUT2D eigenvalue weighted by atomic mass is 15.3. The van der Waals surface area contributed by atoms with Crippen LogP contribution < -0.4 is 5.73 Å². The Hall–Kier alpha value is -2.13. The van der Waals surface area contributed by atoms with Crippen LogP contribution in [-0.2, 0) is 5.54 Å². The van der Waals surface area contributed by atoms with Gasteiger partial charge in [0, 0.05) is 17.0 Å². The Morgan fingerprint density at radius 1 is 1.04 bits per heavy atom. The van der Waals surface area contributed by atoms with Crippen molar-refractivity contribution in [3.05, 3.63) is 54.1 Å². The zero-order valence-electron chi connectivity index (χ0n) is 14.4. The fourth-order valence-corrected chi connectivity index (χ4v) is 3.03. The summed E-state index contributed by atoms with van der Waals surface area (Å²) in [7, 11) is 0. The van der Waals surface area contributed by atoms with Gasteiger partial charge in [0.1, 0.15) is 5.69 Å². The smallest absolute Gasteiger partial charge is 0.101 e. The third-order valence-corrected chi connectivity index (χ3v) is 4.26. The standard InChI is InChI=1S/C20H25N3/c1-5-16(21)15-12-9-13-17-18(15)19(14-10-7-6-8-11-14)22-23(17)20(2,3)4/h6-13,16H,5,21H2,1-4H3. The Bertz CT molecular complexity index is 810. The van der Waals surface area contributed by atoms with E-state index in [1.54, 1.807) is 0 Å². The second-order valence-corrected chi connectivity index (χ2v) is 7.05. The Balaban J connectivity index is 2.39. The van der Waals surface area contributed by atoms with Crippen molar-refractivity contribution in [2.24, 2.45) is 5.73 Å². The van der Waals surface area contributed by atoms with Crippen LogP contribution in [0.1, 0.15) is 45.7 Å². The fraction of sp³-hybridized carbons (Fsp3) is 0.350. The lowest BCUT2D eigenvalue weighted by molar-refractivity contribution is 0.369. The predicted octanol–water partition coefficient (Wildman–Crippen LogP) is 4.87. The van der Waals surface area contributed by atoms with Gasteiger partial charge in [0.25, 0.3) is 0 Å². The van der Waals surface area contributed by atoms with E-state index in [-0.39, 0.29) is 11.6 Å². The van der Waals surface area contributed by atoms with Gasteiger partial charge in [-0.05, 0) is 38.8 Å². The minimum Gasteiger partial charge on any atom is -0.324 e. The largest absolute Gasteiger partial charge is 0.324 e. The summed E-state index contributed by atoms with van der Waals surface area (Å²) in [5.41, 5.74) is 10.8. The van der Waals surface area contributed by atoms with Crippen LogP contribution in [0.25, 0.3) is 22.2 Å². The van der Waals surface area contributed by atoms with Gasteiger partial charge in [-0.25, -0.2) is 0 Å². The molecule has 3 rings (SSSR count). The summed E-state index contributed by atoms with van der Waals surface area (Å²) in [6.45, 7) is 8.67. The van der Waals surface area contributed by atoms with Crippen LogP contribution in [0.3, 0.4) is 0 Å². The lowest BCUT2D eigenvalue weighted by atomic mass is 9.97. The monoisotopic (exact) mass is 307 g/mol. The highest BCUT2D eigenvalue weighted by Gasteiger charge is 2.23. The molecule has 23 heavy (non-hydrogen) atoms. The van der Waals surface area contributed by atoms with E-state index >= 15 is 0 Å². The summed E-state index contributed by atoms with van der Waals surface area (Å²) in [5.74, 6) is 0. The Morgan fingerprint density at radius 3 is 2.35 bits per heavy atom. The average molecular weight is 307 g/mol. The Kier molecular flexibility index (Phi) is 3.99. The number of hydrogen-bond acceptors (Lipinski definition) is 2. The molecule has 0 aliphatic rings. The molecule has 2 aromatic carbocycles. The van der Waals surface area contributed by atoms with Gasteiger partial charge >= 0.3 is 0 Å². The number of hydrogen-bond donors (Lipinski definition) is 1. The van der Waals surface area contributed by atoms with Crippen molar-refractivity contribution < 1.29 is 0 Å². The van der Waals surface area contributed by atoms with Gasteiger partial charge in [-0.3, -0.25) is 4.68 Å². The number of nitrogens with two attached hydrogens (primary N) is 1. The summed E-state index contributed by atoms with van der Waals surface area (Å²) in [4.78, 5) is 0. The molecule has 1 atom stereocenters. The van der Waals surface area contributed by atoms with Gasteiger partial charge < -0.3 is 5.73 Å². The van der Waals surface area contributed by atoms with Crippen LogP contribution in [0, 0.1) is 0 Å². The first-order valence-corrected chi connectivity index (χ1v) is 8.26. The van der Waals surface area contributed by atoms with E-state index in [9.17, 15) is 0 Å². The van der Waals surface area contributed by atoms with Crippen LogP contribution in [0.2, 0.25) is 0 Å². The molecule has 0 spiro atoms. The summed E-state index contributed by atoms with van der Waals surface area (Å²) < 4.78 is 2.12. The third kappa shape index (κ3) is 2.77. The molecule has 0 bridgehead atoms. The zero-order valence-corrected chi connectivity index (χ0v) is 14.4. The van der Waals surface area contributed by atoms with Gasteiger partial charge in [0.05, 0.1) is 11.1 Å². The molecule has 1 aromatic heterocycles. The number of benzene rings is 2. The van der Waals surface area contributed by atoms with E-state index < -0.39 is 0 Å². The average Bonchev–Trinajstić information content (AvgIpc) is 2.95. The van der Waals surface area contributed by atoms with Crippen molar-refractivity contribution in [2.75, 3.05) is 0 Å². The van der Waals surface area contributed by atoms with Gasteiger partial charge in [-0.2, -0.15) is 5.10 Å². The predicted molar refractivity (Wildman–Crippen MR) is 97.4 cm³/mol. The van der Waals surface area contributed by atoms with Gasteiger partial charge in [-0.1, -0.05) is 49.4 Å². The molecule has 0 aliphatic carbocycles. The minimum absolute atomic E-state index is 0.0266. The maximum absolute atomic E-state index is 6.39. The molecule has 0 saturated carbocycles. The molecule has 0 fully saturated rings. The van der Waals surface area contributed by atoms with Crippen molar-refractivity contribution in [3.63, 3.8) is 0 Å². The van der Waals surface area contributed by atoms with E-state index in [2.05, 4.69) is 74.8 Å². The molecule has 3 aromatic rings. The van der Waals surface area contributed by atoms with Crippen LogP contribution >= 0.6 is 0 Å². The maximum atomic E-state index is 6.39. The molecule has 120 valence electrons. The Morgan fingerprint density at radius 2 is 1.74 bits per heavy atom. The molecule has 0 saturated heterocycles. The minimum atomic E-state index is -0.0831. The van der Waals surface area contributed by atoms with Crippen LogP contribution in [0.15, 0.2) is 48.5 Å². The molecule has 0 amide bonds. The van der Waals surface area contributed by atoms with Crippen molar-refractivity contribution in [1.29, 1.82) is 0 Å².